The standard InChI is InChI=1S/C24H29NO3/c1-15-11-13-17(14-12-15)22-21(24(27)28-18-7-4-3-5-8-18)16(2)25-19-9-6-10-20(26)23(19)22/h11-14,18,22-23H,3-10H2,1-2H3/t22-,23?/m0/s1. The Hall–Kier alpha value is -2.23. The van der Waals surface area contributed by atoms with Gasteiger partial charge in [0.25, 0.3) is 0 Å². The molecule has 1 unspecified atom stereocenters. The van der Waals surface area contributed by atoms with Gasteiger partial charge in [0.15, 0.2) is 0 Å². The average Bonchev–Trinajstić information content (AvgIpc) is 2.68. The second-order valence-corrected chi connectivity index (χ2v) is 8.45. The normalized spacial score (nSPS) is 25.9. The van der Waals surface area contributed by atoms with Crippen molar-refractivity contribution in [1.82, 2.24) is 0 Å². The van der Waals surface area contributed by atoms with Crippen LogP contribution in [0.3, 0.4) is 0 Å². The number of benzene rings is 1. The maximum absolute atomic E-state index is 13.2. The number of allylic oxidation sites excluding steroid dienone is 1. The summed E-state index contributed by atoms with van der Waals surface area (Å²) in [6.45, 7) is 3.93. The lowest BCUT2D eigenvalue weighted by atomic mass is 9.69. The fraction of sp³-hybridized carbons (Fsp3) is 0.542. The lowest BCUT2D eigenvalue weighted by Gasteiger charge is -2.36. The van der Waals surface area contributed by atoms with Crippen molar-refractivity contribution in [3.63, 3.8) is 0 Å². The third-order valence-corrected chi connectivity index (χ3v) is 6.39. The van der Waals surface area contributed by atoms with Gasteiger partial charge in [-0.3, -0.25) is 9.79 Å². The number of Topliss-reactive ketones (excluding diaryl/α,β-unsaturated/α-hetero) is 1. The number of rotatable bonds is 3. The van der Waals surface area contributed by atoms with Crippen molar-refractivity contribution in [3.05, 3.63) is 46.7 Å². The molecule has 2 atom stereocenters. The van der Waals surface area contributed by atoms with Gasteiger partial charge in [-0.2, -0.15) is 0 Å². The molecular weight excluding hydrogens is 350 g/mol. The zero-order chi connectivity index (χ0) is 19.7. The van der Waals surface area contributed by atoms with E-state index in [2.05, 4.69) is 0 Å². The average molecular weight is 380 g/mol. The van der Waals surface area contributed by atoms with Crippen molar-refractivity contribution < 1.29 is 14.3 Å². The Morgan fingerprint density at radius 3 is 2.39 bits per heavy atom. The Balaban J connectivity index is 1.72. The van der Waals surface area contributed by atoms with E-state index < -0.39 is 0 Å². The van der Waals surface area contributed by atoms with E-state index in [1.807, 2.05) is 38.1 Å². The van der Waals surface area contributed by atoms with Gasteiger partial charge >= 0.3 is 5.97 Å². The molecule has 1 heterocycles. The first kappa shape index (κ1) is 19.1. The Labute approximate surface area is 167 Å². The molecule has 0 bridgehead atoms. The molecule has 4 rings (SSSR count). The fourth-order valence-electron chi connectivity index (χ4n) is 4.92. The molecule has 148 valence electrons. The van der Waals surface area contributed by atoms with Crippen LogP contribution in [0.2, 0.25) is 0 Å². The minimum Gasteiger partial charge on any atom is -0.459 e. The highest BCUT2D eigenvalue weighted by atomic mass is 16.5. The zero-order valence-electron chi connectivity index (χ0n) is 16.9. The molecule has 1 aromatic carbocycles. The fourth-order valence-corrected chi connectivity index (χ4v) is 4.92. The van der Waals surface area contributed by atoms with Crippen LogP contribution in [0.15, 0.2) is 40.5 Å². The highest BCUT2D eigenvalue weighted by Crippen LogP contribution is 2.43. The number of fused-ring (bicyclic) bond motifs is 1. The van der Waals surface area contributed by atoms with Crippen molar-refractivity contribution in [2.24, 2.45) is 10.9 Å². The molecule has 1 aliphatic heterocycles. The number of hydrogen-bond donors (Lipinski definition) is 0. The van der Waals surface area contributed by atoms with Crippen LogP contribution in [0, 0.1) is 12.8 Å². The van der Waals surface area contributed by atoms with Gasteiger partial charge in [-0.25, -0.2) is 4.79 Å². The molecular formula is C24H29NO3. The third-order valence-electron chi connectivity index (χ3n) is 6.39. The number of ether oxygens (including phenoxy) is 1. The maximum Gasteiger partial charge on any atom is 0.336 e. The largest absolute Gasteiger partial charge is 0.459 e. The molecule has 2 aliphatic carbocycles. The number of carbonyl (C=O) groups is 2. The maximum atomic E-state index is 13.2. The van der Waals surface area contributed by atoms with Gasteiger partial charge in [0.05, 0.1) is 11.5 Å². The van der Waals surface area contributed by atoms with E-state index in [0.717, 1.165) is 55.4 Å². The highest BCUT2D eigenvalue weighted by molar-refractivity contribution is 6.11. The van der Waals surface area contributed by atoms with Gasteiger partial charge in [0.1, 0.15) is 11.9 Å². The summed E-state index contributed by atoms with van der Waals surface area (Å²) in [6, 6.07) is 8.19. The van der Waals surface area contributed by atoms with E-state index in [1.165, 1.54) is 6.42 Å². The summed E-state index contributed by atoms with van der Waals surface area (Å²) in [5.41, 5.74) is 4.41. The van der Waals surface area contributed by atoms with Gasteiger partial charge in [0.2, 0.25) is 0 Å². The molecule has 3 aliphatic rings. The van der Waals surface area contributed by atoms with Crippen molar-refractivity contribution in [1.29, 1.82) is 0 Å². The van der Waals surface area contributed by atoms with E-state index in [0.29, 0.717) is 17.7 Å². The summed E-state index contributed by atoms with van der Waals surface area (Å²) in [7, 11) is 0. The Bertz CT molecular complexity index is 828. The molecule has 0 N–H and O–H groups in total. The molecule has 0 saturated heterocycles. The van der Waals surface area contributed by atoms with Crippen LogP contribution in [0.25, 0.3) is 0 Å². The van der Waals surface area contributed by atoms with Gasteiger partial charge in [-0.1, -0.05) is 36.2 Å². The molecule has 0 aromatic heterocycles. The molecule has 2 fully saturated rings. The van der Waals surface area contributed by atoms with Crippen molar-refractivity contribution in [3.8, 4) is 0 Å². The van der Waals surface area contributed by atoms with Crippen LogP contribution >= 0.6 is 0 Å². The predicted molar refractivity (Wildman–Crippen MR) is 109 cm³/mol. The van der Waals surface area contributed by atoms with Crippen LogP contribution in [0.4, 0.5) is 0 Å². The van der Waals surface area contributed by atoms with Crippen molar-refractivity contribution in [2.45, 2.75) is 77.2 Å². The second kappa shape index (κ2) is 8.02. The molecule has 0 amide bonds. The van der Waals surface area contributed by atoms with E-state index in [-0.39, 0.29) is 29.7 Å². The summed E-state index contributed by atoms with van der Waals surface area (Å²) < 4.78 is 5.91. The van der Waals surface area contributed by atoms with E-state index >= 15 is 0 Å². The number of carbonyl (C=O) groups excluding carboxylic acids is 2. The summed E-state index contributed by atoms with van der Waals surface area (Å²) in [5, 5.41) is 0. The van der Waals surface area contributed by atoms with Gasteiger partial charge < -0.3 is 4.74 Å². The number of esters is 1. The quantitative estimate of drug-likeness (QED) is 0.690. The first-order valence-electron chi connectivity index (χ1n) is 10.6. The predicted octanol–water partition coefficient (Wildman–Crippen LogP) is 5.05. The van der Waals surface area contributed by atoms with Crippen LogP contribution in [-0.4, -0.2) is 23.6 Å². The van der Waals surface area contributed by atoms with E-state index in [4.69, 9.17) is 9.73 Å². The SMILES string of the molecule is CC1=C(C(=O)OC2CCCCC2)[C@H](c2ccc(C)cc2)C2C(=O)CCCC2=N1. The first-order valence-corrected chi connectivity index (χ1v) is 10.6. The van der Waals surface area contributed by atoms with Crippen molar-refractivity contribution >= 4 is 17.5 Å². The Morgan fingerprint density at radius 1 is 0.964 bits per heavy atom. The summed E-state index contributed by atoms with van der Waals surface area (Å²) >= 11 is 0. The van der Waals surface area contributed by atoms with Crippen LogP contribution < -0.4 is 0 Å². The zero-order valence-corrected chi connectivity index (χ0v) is 16.9. The van der Waals surface area contributed by atoms with E-state index in [1.54, 1.807) is 0 Å². The van der Waals surface area contributed by atoms with Crippen molar-refractivity contribution in [2.75, 3.05) is 0 Å². The number of aryl methyl sites for hydroxylation is 1. The van der Waals surface area contributed by atoms with Gasteiger partial charge in [-0.15, -0.1) is 0 Å². The highest BCUT2D eigenvalue weighted by Gasteiger charge is 2.44. The van der Waals surface area contributed by atoms with Crippen LogP contribution in [0.1, 0.15) is 75.3 Å². The molecule has 0 spiro atoms. The first-order chi connectivity index (χ1) is 13.5. The lowest BCUT2D eigenvalue weighted by Crippen LogP contribution is -2.39. The number of nitrogens with zero attached hydrogens (tertiary/aromatic N) is 1. The molecule has 4 heteroatoms. The van der Waals surface area contributed by atoms with E-state index in [9.17, 15) is 9.59 Å². The minimum atomic E-state index is -0.325. The summed E-state index contributed by atoms with van der Waals surface area (Å²) in [4.78, 5) is 30.9. The smallest absolute Gasteiger partial charge is 0.336 e. The monoisotopic (exact) mass is 379 g/mol. The molecule has 28 heavy (non-hydrogen) atoms. The summed E-state index contributed by atoms with van der Waals surface area (Å²) in [5.74, 6) is -0.687. The topological polar surface area (TPSA) is 55.7 Å². The van der Waals surface area contributed by atoms with Crippen LogP contribution in [-0.2, 0) is 14.3 Å². The Kier molecular flexibility index (Phi) is 5.47. The Morgan fingerprint density at radius 2 is 1.68 bits per heavy atom. The van der Waals surface area contributed by atoms with Gasteiger partial charge in [0, 0.05) is 23.7 Å². The molecule has 2 saturated carbocycles. The molecule has 4 nitrogen and oxygen atoms in total. The third kappa shape index (κ3) is 3.69. The number of hydrogen-bond acceptors (Lipinski definition) is 4. The molecule has 0 radical (unpaired) electrons. The second-order valence-electron chi connectivity index (χ2n) is 8.45. The molecule has 1 aromatic rings. The number of ketones is 1. The summed E-state index contributed by atoms with van der Waals surface area (Å²) in [6.07, 6.45) is 7.55. The minimum absolute atomic E-state index is 0.00680. The number of aliphatic imine (C=N–C) groups is 1. The van der Waals surface area contributed by atoms with Crippen LogP contribution in [0.5, 0.6) is 0 Å². The lowest BCUT2D eigenvalue weighted by molar-refractivity contribution is -0.146. The van der Waals surface area contributed by atoms with Gasteiger partial charge in [-0.05, 0) is 57.9 Å².